The number of piperazine rings is 1. The second-order valence-corrected chi connectivity index (χ2v) is 13.4. The lowest BCUT2D eigenvalue weighted by Gasteiger charge is -2.43. The van der Waals surface area contributed by atoms with Crippen LogP contribution in [0.2, 0.25) is 0 Å². The van der Waals surface area contributed by atoms with Gasteiger partial charge in [0.2, 0.25) is 0 Å². The molecule has 10 heteroatoms. The van der Waals surface area contributed by atoms with Gasteiger partial charge in [0, 0.05) is 55.6 Å². The summed E-state index contributed by atoms with van der Waals surface area (Å²) in [5.41, 5.74) is 2.37. The van der Waals surface area contributed by atoms with Gasteiger partial charge in [0.25, 0.3) is 9.05 Å². The van der Waals surface area contributed by atoms with Crippen molar-refractivity contribution >= 4 is 31.5 Å². The SMILES string of the molecule is Cc1ccc(C(CN2CCN(C(=O)OC(C)(C)C)[C@H](C)C2)N(C)c2ccc(S(=O)(=O)Cl)cc2C)cc1F. The first kappa shape index (κ1) is 29.2. The van der Waals surface area contributed by atoms with Crippen LogP contribution >= 0.6 is 10.7 Å². The van der Waals surface area contributed by atoms with Gasteiger partial charge in [-0.05, 0) is 82.5 Å². The number of carbonyl (C=O) groups is 1. The molecule has 1 heterocycles. The molecular formula is C27H37ClFN3O4S. The highest BCUT2D eigenvalue weighted by Crippen LogP contribution is 2.32. The van der Waals surface area contributed by atoms with Crippen molar-refractivity contribution in [2.24, 2.45) is 0 Å². The van der Waals surface area contributed by atoms with Crippen LogP contribution < -0.4 is 4.90 Å². The summed E-state index contributed by atoms with van der Waals surface area (Å²) in [4.78, 5) is 18.7. The van der Waals surface area contributed by atoms with E-state index in [2.05, 4.69) is 4.90 Å². The van der Waals surface area contributed by atoms with Gasteiger partial charge in [-0.2, -0.15) is 0 Å². The van der Waals surface area contributed by atoms with E-state index in [1.54, 1.807) is 36.1 Å². The quantitative estimate of drug-likeness (QED) is 0.441. The third kappa shape index (κ3) is 7.36. The highest BCUT2D eigenvalue weighted by atomic mass is 35.7. The fraction of sp³-hybridized carbons (Fsp3) is 0.519. The van der Waals surface area contributed by atoms with Crippen molar-refractivity contribution in [1.82, 2.24) is 9.80 Å². The molecule has 2 atom stereocenters. The average Bonchev–Trinajstić information content (AvgIpc) is 2.77. The summed E-state index contributed by atoms with van der Waals surface area (Å²) >= 11 is 0. The molecule has 2 aromatic carbocycles. The molecule has 0 spiro atoms. The van der Waals surface area contributed by atoms with Crippen LogP contribution in [-0.4, -0.2) is 69.2 Å². The molecular weight excluding hydrogens is 517 g/mol. The van der Waals surface area contributed by atoms with Crippen LogP contribution in [0.15, 0.2) is 41.3 Å². The third-order valence-corrected chi connectivity index (χ3v) is 8.00. The highest BCUT2D eigenvalue weighted by Gasteiger charge is 2.33. The summed E-state index contributed by atoms with van der Waals surface area (Å²) < 4.78 is 43.8. The zero-order valence-electron chi connectivity index (χ0n) is 22.6. The highest BCUT2D eigenvalue weighted by molar-refractivity contribution is 8.13. The molecule has 7 nitrogen and oxygen atoms in total. The largest absolute Gasteiger partial charge is 0.444 e. The first-order chi connectivity index (χ1) is 17.1. The first-order valence-electron chi connectivity index (χ1n) is 12.3. The second kappa shape index (κ2) is 11.2. The topological polar surface area (TPSA) is 70.2 Å². The van der Waals surface area contributed by atoms with Crippen molar-refractivity contribution in [1.29, 1.82) is 0 Å². The van der Waals surface area contributed by atoms with Crippen molar-refractivity contribution in [2.75, 3.05) is 38.1 Å². The predicted molar refractivity (Wildman–Crippen MR) is 145 cm³/mol. The van der Waals surface area contributed by atoms with Gasteiger partial charge in [-0.3, -0.25) is 4.90 Å². The molecule has 1 amide bonds. The summed E-state index contributed by atoms with van der Waals surface area (Å²) in [6.07, 6.45) is -0.320. The van der Waals surface area contributed by atoms with Crippen molar-refractivity contribution < 1.29 is 22.3 Å². The third-order valence-electron chi connectivity index (χ3n) is 6.65. The Balaban J connectivity index is 1.87. The number of hydrogen-bond acceptors (Lipinski definition) is 6. The number of aryl methyl sites for hydroxylation is 2. The van der Waals surface area contributed by atoms with E-state index in [1.807, 2.05) is 52.6 Å². The standard InChI is InChI=1S/C27H37ClFN3O4S/c1-18-8-9-21(15-23(18)29)25(30(7)24-11-10-22(14-19(24)2)37(28,34)35)17-31-12-13-32(20(3)16-31)26(33)36-27(4,5)6/h8-11,14-15,20,25H,12-13,16-17H2,1-7H3/t20-,25?/m1/s1. The number of nitrogens with zero attached hydrogens (tertiary/aromatic N) is 3. The number of anilines is 1. The molecule has 1 aliphatic rings. The number of ether oxygens (including phenoxy) is 1. The second-order valence-electron chi connectivity index (χ2n) is 10.8. The van der Waals surface area contributed by atoms with Gasteiger partial charge >= 0.3 is 6.09 Å². The normalized spacial score (nSPS) is 18.0. The molecule has 1 fully saturated rings. The van der Waals surface area contributed by atoms with E-state index in [9.17, 15) is 17.6 Å². The van der Waals surface area contributed by atoms with Crippen molar-refractivity contribution in [2.45, 2.75) is 64.1 Å². The molecule has 1 saturated heterocycles. The van der Waals surface area contributed by atoms with Gasteiger partial charge < -0.3 is 14.5 Å². The molecule has 0 radical (unpaired) electrons. The molecule has 0 aromatic heterocycles. The fourth-order valence-corrected chi connectivity index (χ4v) is 5.48. The summed E-state index contributed by atoms with van der Waals surface area (Å²) in [6, 6.07) is 9.72. The van der Waals surface area contributed by atoms with Crippen molar-refractivity contribution in [3.05, 3.63) is 58.9 Å². The lowest BCUT2D eigenvalue weighted by atomic mass is 10.0. The number of rotatable bonds is 6. The van der Waals surface area contributed by atoms with E-state index in [1.165, 1.54) is 6.07 Å². The zero-order valence-corrected chi connectivity index (χ0v) is 24.2. The zero-order chi connectivity index (χ0) is 27.7. The van der Waals surface area contributed by atoms with Crippen molar-refractivity contribution in [3.63, 3.8) is 0 Å². The molecule has 0 N–H and O–H groups in total. The van der Waals surface area contributed by atoms with E-state index in [0.717, 1.165) is 16.8 Å². The van der Waals surface area contributed by atoms with E-state index in [0.29, 0.717) is 31.7 Å². The Bertz CT molecular complexity index is 1250. The minimum absolute atomic E-state index is 0.0360. The van der Waals surface area contributed by atoms with Crippen LogP contribution in [0.1, 0.15) is 50.4 Å². The van der Waals surface area contributed by atoms with Crippen LogP contribution in [0.5, 0.6) is 0 Å². The Labute approximate surface area is 224 Å². The lowest BCUT2D eigenvalue weighted by Crippen LogP contribution is -2.56. The van der Waals surface area contributed by atoms with Gasteiger partial charge in [-0.15, -0.1) is 0 Å². The molecule has 0 bridgehead atoms. The summed E-state index contributed by atoms with van der Waals surface area (Å²) in [5.74, 6) is -0.278. The van der Waals surface area contributed by atoms with E-state index in [-0.39, 0.29) is 28.9 Å². The minimum Gasteiger partial charge on any atom is -0.444 e. The van der Waals surface area contributed by atoms with Gasteiger partial charge in [0.15, 0.2) is 0 Å². The number of benzene rings is 2. The predicted octanol–water partition coefficient (Wildman–Crippen LogP) is 5.49. The summed E-state index contributed by atoms with van der Waals surface area (Å²) in [7, 11) is 3.61. The fourth-order valence-electron chi connectivity index (χ4n) is 4.65. The smallest absolute Gasteiger partial charge is 0.410 e. The van der Waals surface area contributed by atoms with Gasteiger partial charge in [0.05, 0.1) is 10.9 Å². The maximum Gasteiger partial charge on any atom is 0.410 e. The van der Waals surface area contributed by atoms with Crippen molar-refractivity contribution in [3.8, 4) is 0 Å². The molecule has 0 saturated carbocycles. The molecule has 0 aliphatic carbocycles. The Hall–Kier alpha value is -2.36. The molecule has 2 aromatic rings. The van der Waals surface area contributed by atoms with Crippen LogP contribution in [0, 0.1) is 19.7 Å². The first-order valence-corrected chi connectivity index (χ1v) is 14.6. The maximum atomic E-state index is 14.6. The van der Waals surface area contributed by atoms with Gasteiger partial charge in [-0.25, -0.2) is 17.6 Å². The number of halogens is 2. The summed E-state index contributed by atoms with van der Waals surface area (Å²) in [5, 5.41) is 0. The number of amides is 1. The van der Waals surface area contributed by atoms with Crippen LogP contribution in [-0.2, 0) is 13.8 Å². The Morgan fingerprint density at radius 1 is 1.16 bits per heavy atom. The number of hydrogen-bond donors (Lipinski definition) is 0. The van der Waals surface area contributed by atoms with E-state index in [4.69, 9.17) is 15.4 Å². The van der Waals surface area contributed by atoms with Crippen LogP contribution in [0.25, 0.3) is 0 Å². The Kier molecular flexibility index (Phi) is 8.82. The number of carbonyl (C=O) groups excluding carboxylic acids is 1. The molecule has 37 heavy (non-hydrogen) atoms. The Morgan fingerprint density at radius 2 is 1.84 bits per heavy atom. The van der Waals surface area contributed by atoms with E-state index >= 15 is 0 Å². The lowest BCUT2D eigenvalue weighted by molar-refractivity contribution is 0.000841. The Morgan fingerprint density at radius 3 is 2.38 bits per heavy atom. The summed E-state index contributed by atoms with van der Waals surface area (Å²) in [6.45, 7) is 13.5. The van der Waals surface area contributed by atoms with E-state index < -0.39 is 14.7 Å². The van der Waals surface area contributed by atoms with Crippen LogP contribution in [0.4, 0.5) is 14.9 Å². The molecule has 1 unspecified atom stereocenters. The van der Waals surface area contributed by atoms with Gasteiger partial charge in [0.1, 0.15) is 11.4 Å². The number of likely N-dealkylation sites (N-methyl/N-ethyl adjacent to an activating group) is 1. The van der Waals surface area contributed by atoms with Gasteiger partial charge in [-0.1, -0.05) is 12.1 Å². The van der Waals surface area contributed by atoms with Crippen LogP contribution in [0.3, 0.4) is 0 Å². The minimum atomic E-state index is -3.85. The molecule has 1 aliphatic heterocycles. The average molecular weight is 554 g/mol. The molecule has 204 valence electrons. The maximum absolute atomic E-state index is 14.6. The molecule has 3 rings (SSSR count). The monoisotopic (exact) mass is 553 g/mol.